The van der Waals surface area contributed by atoms with E-state index in [0.717, 1.165) is 35.4 Å². The normalized spacial score (nSPS) is 14.3. The third-order valence-corrected chi connectivity index (χ3v) is 4.26. The summed E-state index contributed by atoms with van der Waals surface area (Å²) in [5, 5.41) is 3.03. The van der Waals surface area contributed by atoms with E-state index in [0.29, 0.717) is 11.6 Å². The van der Waals surface area contributed by atoms with Crippen LogP contribution in [0, 0.1) is 0 Å². The van der Waals surface area contributed by atoms with Crippen LogP contribution in [0.4, 0.5) is 0 Å². The Morgan fingerprint density at radius 2 is 2.08 bits per heavy atom. The van der Waals surface area contributed by atoms with Crippen LogP contribution in [-0.2, 0) is 0 Å². The summed E-state index contributed by atoms with van der Waals surface area (Å²) in [6.07, 6.45) is 3.95. The van der Waals surface area contributed by atoms with Gasteiger partial charge in [0, 0.05) is 29.4 Å². The molecular formula is C19H20N4O. The molecule has 0 atom stereocenters. The van der Waals surface area contributed by atoms with Crippen LogP contribution >= 0.6 is 0 Å². The molecule has 5 nitrogen and oxygen atoms in total. The average Bonchev–Trinajstić information content (AvgIpc) is 3.31. The Labute approximate surface area is 140 Å². The van der Waals surface area contributed by atoms with Crippen LogP contribution in [0.1, 0.15) is 43.1 Å². The van der Waals surface area contributed by atoms with E-state index in [2.05, 4.69) is 28.7 Å². The fourth-order valence-electron chi connectivity index (χ4n) is 2.92. The number of hydrogen-bond acceptors (Lipinski definition) is 3. The molecule has 1 saturated carbocycles. The van der Waals surface area contributed by atoms with Crippen LogP contribution in [0.2, 0.25) is 0 Å². The van der Waals surface area contributed by atoms with Gasteiger partial charge in [-0.05, 0) is 51.0 Å². The van der Waals surface area contributed by atoms with Crippen molar-refractivity contribution < 1.29 is 4.79 Å². The van der Waals surface area contributed by atoms with Gasteiger partial charge in [0.2, 0.25) is 0 Å². The van der Waals surface area contributed by atoms with E-state index < -0.39 is 0 Å². The molecule has 4 rings (SSSR count). The van der Waals surface area contributed by atoms with E-state index in [1.165, 1.54) is 0 Å². The third-order valence-electron chi connectivity index (χ3n) is 4.26. The minimum Gasteiger partial charge on any atom is -0.349 e. The summed E-state index contributed by atoms with van der Waals surface area (Å²) in [6.45, 7) is 4.23. The van der Waals surface area contributed by atoms with Crippen molar-refractivity contribution in [3.63, 3.8) is 0 Å². The predicted octanol–water partition coefficient (Wildman–Crippen LogP) is 3.57. The second-order valence-corrected chi connectivity index (χ2v) is 6.57. The molecule has 0 bridgehead atoms. The average molecular weight is 320 g/mol. The number of aromatic nitrogens is 3. The Balaban J connectivity index is 1.79. The van der Waals surface area contributed by atoms with Gasteiger partial charge in [-0.3, -0.25) is 4.79 Å². The van der Waals surface area contributed by atoms with Gasteiger partial charge in [0.15, 0.2) is 5.65 Å². The first-order chi connectivity index (χ1) is 11.6. The smallest absolute Gasteiger partial charge is 0.251 e. The first kappa shape index (κ1) is 14.9. The highest BCUT2D eigenvalue weighted by atomic mass is 16.1. The number of benzene rings is 1. The molecule has 3 aromatic rings. The molecule has 2 aromatic heterocycles. The molecule has 1 fully saturated rings. The van der Waals surface area contributed by atoms with Crippen molar-refractivity contribution in [2.24, 2.45) is 0 Å². The van der Waals surface area contributed by atoms with Crippen molar-refractivity contribution in [1.29, 1.82) is 0 Å². The van der Waals surface area contributed by atoms with Crippen molar-refractivity contribution in [1.82, 2.24) is 19.9 Å². The highest BCUT2D eigenvalue weighted by Gasteiger charge is 2.24. The molecule has 1 aliphatic carbocycles. The van der Waals surface area contributed by atoms with E-state index in [1.54, 1.807) is 6.20 Å². The fourth-order valence-corrected chi connectivity index (χ4v) is 2.92. The summed E-state index contributed by atoms with van der Waals surface area (Å²) in [7, 11) is 0. The van der Waals surface area contributed by atoms with E-state index in [4.69, 9.17) is 4.98 Å². The number of hydrogen-bond donors (Lipinski definition) is 1. The van der Waals surface area contributed by atoms with E-state index in [-0.39, 0.29) is 11.9 Å². The molecule has 1 amide bonds. The topological polar surface area (TPSA) is 59.8 Å². The Morgan fingerprint density at radius 3 is 2.83 bits per heavy atom. The lowest BCUT2D eigenvalue weighted by Gasteiger charge is -2.13. The molecule has 0 unspecified atom stereocenters. The zero-order valence-corrected chi connectivity index (χ0v) is 13.9. The number of fused-ring (bicyclic) bond motifs is 1. The van der Waals surface area contributed by atoms with Gasteiger partial charge in [-0.2, -0.15) is 0 Å². The maximum Gasteiger partial charge on any atom is 0.251 e. The van der Waals surface area contributed by atoms with E-state index in [9.17, 15) is 4.79 Å². The molecule has 0 aliphatic heterocycles. The summed E-state index contributed by atoms with van der Waals surface area (Å²) in [4.78, 5) is 21.5. The van der Waals surface area contributed by atoms with E-state index >= 15 is 0 Å². The van der Waals surface area contributed by atoms with Crippen LogP contribution in [0.5, 0.6) is 0 Å². The molecule has 1 N–H and O–H groups in total. The van der Waals surface area contributed by atoms with Crippen molar-refractivity contribution >= 4 is 17.1 Å². The molecule has 2 heterocycles. The highest BCUT2D eigenvalue weighted by molar-refractivity contribution is 5.95. The van der Waals surface area contributed by atoms with Crippen LogP contribution in [0.25, 0.3) is 22.6 Å². The summed E-state index contributed by atoms with van der Waals surface area (Å²) >= 11 is 0. The van der Waals surface area contributed by atoms with Gasteiger partial charge in [0.05, 0.1) is 0 Å². The Bertz CT molecular complexity index is 909. The largest absolute Gasteiger partial charge is 0.349 e. The number of pyridine rings is 1. The monoisotopic (exact) mass is 320 g/mol. The lowest BCUT2D eigenvalue weighted by atomic mass is 10.1. The first-order valence-corrected chi connectivity index (χ1v) is 8.38. The molecular weight excluding hydrogens is 300 g/mol. The Morgan fingerprint density at radius 1 is 1.25 bits per heavy atom. The maximum atomic E-state index is 12.3. The number of rotatable bonds is 4. The molecule has 122 valence electrons. The van der Waals surface area contributed by atoms with Crippen molar-refractivity contribution in [3.05, 3.63) is 48.2 Å². The molecule has 1 aromatic carbocycles. The van der Waals surface area contributed by atoms with Gasteiger partial charge in [-0.25, -0.2) is 9.97 Å². The lowest BCUT2D eigenvalue weighted by Crippen LogP contribution is -2.25. The summed E-state index contributed by atoms with van der Waals surface area (Å²) in [6, 6.07) is 12.1. The minimum atomic E-state index is -0.00955. The molecule has 24 heavy (non-hydrogen) atoms. The van der Waals surface area contributed by atoms with Crippen molar-refractivity contribution in [3.8, 4) is 11.4 Å². The molecule has 1 aliphatic rings. The molecule has 5 heteroatoms. The Kier molecular flexibility index (Phi) is 3.56. The van der Waals surface area contributed by atoms with Crippen LogP contribution in [0.15, 0.2) is 42.6 Å². The number of imidazole rings is 1. The predicted molar refractivity (Wildman–Crippen MR) is 93.8 cm³/mol. The number of carbonyl (C=O) groups excluding carboxylic acids is 1. The van der Waals surface area contributed by atoms with Crippen molar-refractivity contribution in [2.45, 2.75) is 38.8 Å². The standard InChI is InChI=1S/C19H20N4O/c1-12(2)23-17(22-16-7-4-10-20-18(16)23)13-5-3-6-14(11-13)19(24)21-15-8-9-15/h3-7,10-12,15H,8-9H2,1-2H3,(H,21,24). The quantitative estimate of drug-likeness (QED) is 0.799. The summed E-state index contributed by atoms with van der Waals surface area (Å²) < 4.78 is 2.12. The minimum absolute atomic E-state index is 0.00955. The van der Waals surface area contributed by atoms with Gasteiger partial charge < -0.3 is 9.88 Å². The van der Waals surface area contributed by atoms with E-state index in [1.807, 2.05) is 36.4 Å². The van der Waals surface area contributed by atoms with Crippen LogP contribution < -0.4 is 5.32 Å². The molecule has 0 radical (unpaired) electrons. The SMILES string of the molecule is CC(C)n1c(-c2cccc(C(=O)NC3CC3)c2)nc2cccnc21. The zero-order valence-electron chi connectivity index (χ0n) is 13.9. The summed E-state index contributed by atoms with van der Waals surface area (Å²) in [5.41, 5.74) is 3.35. The first-order valence-electron chi connectivity index (χ1n) is 8.38. The zero-order chi connectivity index (χ0) is 16.7. The third kappa shape index (κ3) is 2.66. The van der Waals surface area contributed by atoms with Gasteiger partial charge in [-0.1, -0.05) is 12.1 Å². The van der Waals surface area contributed by atoms with Crippen LogP contribution in [0.3, 0.4) is 0 Å². The number of nitrogens with zero attached hydrogens (tertiary/aromatic N) is 3. The number of amides is 1. The van der Waals surface area contributed by atoms with Gasteiger partial charge in [0.1, 0.15) is 11.3 Å². The molecule has 0 saturated heterocycles. The van der Waals surface area contributed by atoms with Gasteiger partial charge >= 0.3 is 0 Å². The number of carbonyl (C=O) groups is 1. The molecule has 0 spiro atoms. The van der Waals surface area contributed by atoms with Crippen molar-refractivity contribution in [2.75, 3.05) is 0 Å². The van der Waals surface area contributed by atoms with Gasteiger partial charge in [-0.15, -0.1) is 0 Å². The van der Waals surface area contributed by atoms with Gasteiger partial charge in [0.25, 0.3) is 5.91 Å². The lowest BCUT2D eigenvalue weighted by molar-refractivity contribution is 0.0951. The van der Waals surface area contributed by atoms with Crippen LogP contribution in [-0.4, -0.2) is 26.5 Å². The summed E-state index contributed by atoms with van der Waals surface area (Å²) in [5.74, 6) is 0.837. The number of nitrogens with one attached hydrogen (secondary N) is 1. The highest BCUT2D eigenvalue weighted by Crippen LogP contribution is 2.28. The Hall–Kier alpha value is -2.69. The maximum absolute atomic E-state index is 12.3. The second-order valence-electron chi connectivity index (χ2n) is 6.57. The fraction of sp³-hybridized carbons (Fsp3) is 0.316. The second kappa shape index (κ2) is 5.74.